The highest BCUT2D eigenvalue weighted by molar-refractivity contribution is 5.99. The number of Topliss-reactive ketones (excluding diaryl/α,β-unsaturated/α-hetero) is 1. The molecule has 0 fully saturated rings. The van der Waals surface area contributed by atoms with E-state index in [4.69, 9.17) is 9.47 Å². The van der Waals surface area contributed by atoms with Crippen molar-refractivity contribution in [2.24, 2.45) is 0 Å². The molecule has 94 valence electrons. The normalized spacial score (nSPS) is 12.2. The first kappa shape index (κ1) is 13.7. The Balaban J connectivity index is 2.74. The van der Waals surface area contributed by atoms with Gasteiger partial charge in [0.25, 0.3) is 0 Å². The third-order valence-electron chi connectivity index (χ3n) is 2.48. The predicted octanol–water partition coefficient (Wildman–Crippen LogP) is 3.08. The third-order valence-corrected chi connectivity index (χ3v) is 2.48. The van der Waals surface area contributed by atoms with E-state index in [1.165, 1.54) is 0 Å². The van der Waals surface area contributed by atoms with Gasteiger partial charge in [-0.05, 0) is 44.5 Å². The van der Waals surface area contributed by atoms with E-state index >= 15 is 0 Å². The van der Waals surface area contributed by atoms with Gasteiger partial charge in [-0.15, -0.1) is 0 Å². The number of hydrogen-bond donors (Lipinski definition) is 0. The minimum Gasteiger partial charge on any atom is -0.494 e. The van der Waals surface area contributed by atoms with Gasteiger partial charge < -0.3 is 9.47 Å². The van der Waals surface area contributed by atoms with Gasteiger partial charge in [-0.3, -0.25) is 4.79 Å². The van der Waals surface area contributed by atoms with E-state index in [0.29, 0.717) is 25.2 Å². The molecule has 1 rings (SSSR count). The second kappa shape index (κ2) is 7.07. The molecule has 0 saturated heterocycles. The van der Waals surface area contributed by atoms with E-state index in [2.05, 4.69) is 0 Å². The maximum Gasteiger partial charge on any atom is 0.191 e. The molecule has 0 amide bonds. The van der Waals surface area contributed by atoms with Crippen LogP contribution in [0.1, 0.15) is 37.6 Å². The summed E-state index contributed by atoms with van der Waals surface area (Å²) in [7, 11) is 0. The fourth-order valence-electron chi connectivity index (χ4n) is 1.65. The molecular formula is C14H20O3. The maximum absolute atomic E-state index is 12.1. The van der Waals surface area contributed by atoms with Crippen molar-refractivity contribution in [3.63, 3.8) is 0 Å². The van der Waals surface area contributed by atoms with E-state index in [1.807, 2.05) is 32.9 Å². The molecule has 3 nitrogen and oxygen atoms in total. The van der Waals surface area contributed by atoms with Crippen molar-refractivity contribution < 1.29 is 14.3 Å². The second-order valence-electron chi connectivity index (χ2n) is 3.67. The summed E-state index contributed by atoms with van der Waals surface area (Å²) < 4.78 is 10.7. The standard InChI is InChI=1S/C14H20O3/c1-4-13(17-6-3)14(15)11-7-9-12(10-8-11)16-5-2/h7-10,13H,4-6H2,1-3H3. The monoisotopic (exact) mass is 236 g/mol. The lowest BCUT2D eigenvalue weighted by Gasteiger charge is -2.13. The number of ether oxygens (including phenoxy) is 2. The Morgan fingerprint density at radius 3 is 2.24 bits per heavy atom. The van der Waals surface area contributed by atoms with Gasteiger partial charge in [0.05, 0.1) is 6.61 Å². The van der Waals surface area contributed by atoms with Crippen LogP contribution in [0.15, 0.2) is 24.3 Å². The first-order chi connectivity index (χ1) is 8.22. The molecule has 0 spiro atoms. The minimum atomic E-state index is -0.335. The molecule has 0 aromatic heterocycles. The summed E-state index contributed by atoms with van der Waals surface area (Å²) in [5.74, 6) is 0.825. The third kappa shape index (κ3) is 3.86. The van der Waals surface area contributed by atoms with Crippen LogP contribution in [0, 0.1) is 0 Å². The zero-order valence-corrected chi connectivity index (χ0v) is 10.7. The van der Waals surface area contributed by atoms with Crippen LogP contribution in [0.25, 0.3) is 0 Å². The Bertz CT molecular complexity index is 343. The topological polar surface area (TPSA) is 35.5 Å². The number of carbonyl (C=O) groups is 1. The van der Waals surface area contributed by atoms with Crippen LogP contribution in [0.3, 0.4) is 0 Å². The van der Waals surface area contributed by atoms with Gasteiger partial charge in [-0.25, -0.2) is 0 Å². The first-order valence-corrected chi connectivity index (χ1v) is 6.11. The zero-order valence-electron chi connectivity index (χ0n) is 10.7. The van der Waals surface area contributed by atoms with Crippen molar-refractivity contribution in [1.82, 2.24) is 0 Å². The van der Waals surface area contributed by atoms with Crippen LogP contribution in [0.5, 0.6) is 5.75 Å². The SMILES string of the molecule is CCOc1ccc(C(=O)C(CC)OCC)cc1. The fraction of sp³-hybridized carbons (Fsp3) is 0.500. The molecule has 0 heterocycles. The number of ketones is 1. The lowest BCUT2D eigenvalue weighted by atomic mass is 10.0. The van der Waals surface area contributed by atoms with Crippen LogP contribution in [0.4, 0.5) is 0 Å². The highest BCUT2D eigenvalue weighted by atomic mass is 16.5. The van der Waals surface area contributed by atoms with E-state index in [9.17, 15) is 4.79 Å². The number of hydrogen-bond acceptors (Lipinski definition) is 3. The zero-order chi connectivity index (χ0) is 12.7. The molecule has 0 saturated carbocycles. The van der Waals surface area contributed by atoms with Crippen LogP contribution in [0.2, 0.25) is 0 Å². The lowest BCUT2D eigenvalue weighted by molar-refractivity contribution is 0.0444. The Hall–Kier alpha value is -1.35. The summed E-state index contributed by atoms with van der Waals surface area (Å²) in [6.07, 6.45) is 0.359. The molecular weight excluding hydrogens is 216 g/mol. The molecule has 1 atom stereocenters. The van der Waals surface area contributed by atoms with Crippen molar-refractivity contribution in [1.29, 1.82) is 0 Å². The average molecular weight is 236 g/mol. The van der Waals surface area contributed by atoms with Gasteiger partial charge >= 0.3 is 0 Å². The molecule has 1 aromatic carbocycles. The molecule has 0 bridgehead atoms. The van der Waals surface area contributed by atoms with Crippen molar-refractivity contribution >= 4 is 5.78 Å². The van der Waals surface area contributed by atoms with Crippen LogP contribution < -0.4 is 4.74 Å². The lowest BCUT2D eigenvalue weighted by Crippen LogP contribution is -2.23. The van der Waals surface area contributed by atoms with Gasteiger partial charge in [0.2, 0.25) is 0 Å². The number of carbonyl (C=O) groups excluding carboxylic acids is 1. The average Bonchev–Trinajstić information content (AvgIpc) is 2.36. The molecule has 1 aromatic rings. The van der Waals surface area contributed by atoms with E-state index < -0.39 is 0 Å². The molecule has 3 heteroatoms. The Kier molecular flexibility index (Phi) is 5.70. The van der Waals surface area contributed by atoms with Crippen molar-refractivity contribution in [3.8, 4) is 5.75 Å². The van der Waals surface area contributed by atoms with Gasteiger partial charge in [0.15, 0.2) is 5.78 Å². The molecule has 0 radical (unpaired) electrons. The quantitative estimate of drug-likeness (QED) is 0.682. The van der Waals surface area contributed by atoms with Gasteiger partial charge in [-0.2, -0.15) is 0 Å². The summed E-state index contributed by atoms with van der Waals surface area (Å²) >= 11 is 0. The van der Waals surface area contributed by atoms with Gasteiger partial charge in [-0.1, -0.05) is 6.92 Å². The van der Waals surface area contributed by atoms with Crippen LogP contribution in [-0.4, -0.2) is 25.1 Å². The van der Waals surface area contributed by atoms with Crippen LogP contribution in [-0.2, 0) is 4.74 Å². The van der Waals surface area contributed by atoms with E-state index in [1.54, 1.807) is 12.1 Å². The van der Waals surface area contributed by atoms with Gasteiger partial charge in [0, 0.05) is 12.2 Å². The summed E-state index contributed by atoms with van der Waals surface area (Å²) in [6.45, 7) is 6.97. The Morgan fingerprint density at radius 2 is 1.76 bits per heavy atom. The molecule has 0 N–H and O–H groups in total. The second-order valence-corrected chi connectivity index (χ2v) is 3.67. The summed E-state index contributed by atoms with van der Waals surface area (Å²) in [5.41, 5.74) is 0.675. The van der Waals surface area contributed by atoms with E-state index in [0.717, 1.165) is 5.75 Å². The fourth-order valence-corrected chi connectivity index (χ4v) is 1.65. The minimum absolute atomic E-state index is 0.0393. The highest BCUT2D eigenvalue weighted by Gasteiger charge is 2.18. The van der Waals surface area contributed by atoms with Crippen molar-refractivity contribution in [2.75, 3.05) is 13.2 Å². The summed E-state index contributed by atoms with van der Waals surface area (Å²) in [5, 5.41) is 0. The largest absolute Gasteiger partial charge is 0.494 e. The maximum atomic E-state index is 12.1. The Morgan fingerprint density at radius 1 is 1.12 bits per heavy atom. The van der Waals surface area contributed by atoms with Crippen LogP contribution >= 0.6 is 0 Å². The molecule has 0 aliphatic rings. The molecule has 17 heavy (non-hydrogen) atoms. The van der Waals surface area contributed by atoms with Crippen molar-refractivity contribution in [3.05, 3.63) is 29.8 Å². The first-order valence-electron chi connectivity index (χ1n) is 6.11. The van der Waals surface area contributed by atoms with Crippen molar-refractivity contribution in [2.45, 2.75) is 33.3 Å². The number of rotatable bonds is 7. The molecule has 0 aliphatic heterocycles. The Labute approximate surface area is 103 Å². The smallest absolute Gasteiger partial charge is 0.191 e. The predicted molar refractivity (Wildman–Crippen MR) is 67.6 cm³/mol. The molecule has 1 unspecified atom stereocenters. The van der Waals surface area contributed by atoms with E-state index in [-0.39, 0.29) is 11.9 Å². The summed E-state index contributed by atoms with van der Waals surface area (Å²) in [4.78, 5) is 12.1. The highest BCUT2D eigenvalue weighted by Crippen LogP contribution is 2.15. The van der Waals surface area contributed by atoms with Gasteiger partial charge in [0.1, 0.15) is 11.9 Å². The molecule has 0 aliphatic carbocycles. The number of benzene rings is 1. The summed E-state index contributed by atoms with van der Waals surface area (Å²) in [6, 6.07) is 7.20.